The zero-order valence-electron chi connectivity index (χ0n) is 17.6. The first-order chi connectivity index (χ1) is 13.5. The van der Waals surface area contributed by atoms with E-state index in [0.717, 1.165) is 70.3 Å². The van der Waals surface area contributed by atoms with Gasteiger partial charge in [-0.15, -0.1) is 0 Å². The van der Waals surface area contributed by atoms with Gasteiger partial charge >= 0.3 is 0 Å². The van der Waals surface area contributed by atoms with E-state index in [1.54, 1.807) is 0 Å². The maximum atomic E-state index is 13.2. The molecule has 28 heavy (non-hydrogen) atoms. The van der Waals surface area contributed by atoms with Crippen molar-refractivity contribution >= 4 is 5.96 Å². The molecule has 0 bridgehead atoms. The van der Waals surface area contributed by atoms with Gasteiger partial charge in [0.1, 0.15) is 5.82 Å². The standard InChI is InChI=1S/C22H36FN3O2/c1-4-24-21(25-12-5-13-28-16-18-10-14-27-15-11-18)26-17-22(2,3)19-6-8-20(23)9-7-19/h6-9,18H,4-5,10-17H2,1-3H3,(H2,24,25,26). The van der Waals surface area contributed by atoms with E-state index in [1.807, 2.05) is 12.1 Å². The molecule has 2 rings (SSSR count). The van der Waals surface area contributed by atoms with E-state index in [4.69, 9.17) is 14.5 Å². The molecular formula is C22H36FN3O2. The van der Waals surface area contributed by atoms with Gasteiger partial charge in [0.2, 0.25) is 0 Å². The second-order valence-electron chi connectivity index (χ2n) is 8.00. The summed E-state index contributed by atoms with van der Waals surface area (Å²) in [4.78, 5) is 4.72. The highest BCUT2D eigenvalue weighted by Crippen LogP contribution is 2.23. The second-order valence-corrected chi connectivity index (χ2v) is 8.00. The van der Waals surface area contributed by atoms with Crippen molar-refractivity contribution in [3.8, 4) is 0 Å². The fourth-order valence-corrected chi connectivity index (χ4v) is 3.15. The summed E-state index contributed by atoms with van der Waals surface area (Å²) in [6.45, 7) is 11.9. The number of benzene rings is 1. The zero-order valence-corrected chi connectivity index (χ0v) is 17.6. The minimum absolute atomic E-state index is 0.164. The molecular weight excluding hydrogens is 357 g/mol. The predicted molar refractivity (Wildman–Crippen MR) is 112 cm³/mol. The van der Waals surface area contributed by atoms with Gasteiger partial charge in [-0.1, -0.05) is 26.0 Å². The largest absolute Gasteiger partial charge is 0.381 e. The van der Waals surface area contributed by atoms with Crippen LogP contribution in [0.5, 0.6) is 0 Å². The van der Waals surface area contributed by atoms with Gasteiger partial charge in [-0.05, 0) is 49.8 Å². The number of hydrogen-bond acceptors (Lipinski definition) is 3. The molecule has 6 heteroatoms. The first-order valence-corrected chi connectivity index (χ1v) is 10.4. The molecule has 1 aromatic rings. The monoisotopic (exact) mass is 393 g/mol. The van der Waals surface area contributed by atoms with E-state index >= 15 is 0 Å². The number of rotatable bonds is 10. The molecule has 0 aromatic heterocycles. The lowest BCUT2D eigenvalue weighted by atomic mass is 9.85. The maximum Gasteiger partial charge on any atom is 0.191 e. The second kappa shape index (κ2) is 12.0. The van der Waals surface area contributed by atoms with E-state index in [9.17, 15) is 4.39 Å². The third-order valence-corrected chi connectivity index (χ3v) is 5.05. The Labute approximate surface area is 169 Å². The molecule has 2 N–H and O–H groups in total. The summed E-state index contributed by atoms with van der Waals surface area (Å²) >= 11 is 0. The van der Waals surface area contributed by atoms with Crippen LogP contribution in [0.15, 0.2) is 29.3 Å². The molecule has 158 valence electrons. The van der Waals surface area contributed by atoms with Crippen molar-refractivity contribution in [1.82, 2.24) is 10.6 Å². The number of halogens is 1. The van der Waals surface area contributed by atoms with Gasteiger partial charge in [0, 0.05) is 44.9 Å². The van der Waals surface area contributed by atoms with Crippen LogP contribution in [0, 0.1) is 11.7 Å². The molecule has 1 heterocycles. The summed E-state index contributed by atoms with van der Waals surface area (Å²) < 4.78 is 24.3. The van der Waals surface area contributed by atoms with Gasteiger partial charge in [-0.3, -0.25) is 4.99 Å². The average Bonchev–Trinajstić information content (AvgIpc) is 2.70. The fraction of sp³-hybridized carbons (Fsp3) is 0.682. The summed E-state index contributed by atoms with van der Waals surface area (Å²) in [5.74, 6) is 1.24. The van der Waals surface area contributed by atoms with Gasteiger partial charge in [0.05, 0.1) is 6.54 Å². The van der Waals surface area contributed by atoms with Gasteiger partial charge < -0.3 is 20.1 Å². The van der Waals surface area contributed by atoms with Crippen molar-refractivity contribution in [2.24, 2.45) is 10.9 Å². The van der Waals surface area contributed by atoms with Crippen LogP contribution in [0.1, 0.15) is 45.6 Å². The minimum atomic E-state index is -0.211. The normalized spacial score (nSPS) is 16.2. The number of hydrogen-bond donors (Lipinski definition) is 2. The predicted octanol–water partition coefficient (Wildman–Crippen LogP) is 3.49. The molecule has 5 nitrogen and oxygen atoms in total. The van der Waals surface area contributed by atoms with Crippen molar-refractivity contribution in [2.75, 3.05) is 46.1 Å². The molecule has 0 aliphatic carbocycles. The number of aliphatic imine (C=N–C) groups is 1. The van der Waals surface area contributed by atoms with Crippen molar-refractivity contribution in [3.05, 3.63) is 35.6 Å². The van der Waals surface area contributed by atoms with Gasteiger partial charge in [0.25, 0.3) is 0 Å². The lowest BCUT2D eigenvalue weighted by molar-refractivity contribution is 0.0203. The number of nitrogens with zero attached hydrogens (tertiary/aromatic N) is 1. The van der Waals surface area contributed by atoms with E-state index in [2.05, 4.69) is 31.4 Å². The van der Waals surface area contributed by atoms with Crippen LogP contribution in [-0.2, 0) is 14.9 Å². The maximum absolute atomic E-state index is 13.2. The topological polar surface area (TPSA) is 54.9 Å². The van der Waals surface area contributed by atoms with Crippen molar-refractivity contribution in [3.63, 3.8) is 0 Å². The lowest BCUT2D eigenvalue weighted by Gasteiger charge is -2.24. The summed E-state index contributed by atoms with van der Waals surface area (Å²) in [5, 5.41) is 6.65. The Bertz CT molecular complexity index is 584. The van der Waals surface area contributed by atoms with E-state index in [0.29, 0.717) is 12.5 Å². The minimum Gasteiger partial charge on any atom is -0.381 e. The summed E-state index contributed by atoms with van der Waals surface area (Å²) in [7, 11) is 0. The van der Waals surface area contributed by atoms with Crippen LogP contribution in [0.25, 0.3) is 0 Å². The molecule has 1 aromatic carbocycles. The highest BCUT2D eigenvalue weighted by Gasteiger charge is 2.20. The van der Waals surface area contributed by atoms with Crippen molar-refractivity contribution in [1.29, 1.82) is 0 Å². The van der Waals surface area contributed by atoms with Crippen molar-refractivity contribution in [2.45, 2.75) is 45.4 Å². The Kier molecular flexibility index (Phi) is 9.71. The van der Waals surface area contributed by atoms with Crippen LogP contribution >= 0.6 is 0 Å². The lowest BCUT2D eigenvalue weighted by Crippen LogP contribution is -2.39. The number of nitrogens with one attached hydrogen (secondary N) is 2. The Morgan fingerprint density at radius 3 is 2.61 bits per heavy atom. The highest BCUT2D eigenvalue weighted by atomic mass is 19.1. The Morgan fingerprint density at radius 1 is 1.21 bits per heavy atom. The Hall–Kier alpha value is -1.66. The highest BCUT2D eigenvalue weighted by molar-refractivity contribution is 5.79. The third-order valence-electron chi connectivity index (χ3n) is 5.05. The van der Waals surface area contributed by atoms with E-state index in [-0.39, 0.29) is 11.2 Å². The summed E-state index contributed by atoms with van der Waals surface area (Å²) in [6.07, 6.45) is 3.16. The molecule has 1 saturated heterocycles. The SMILES string of the molecule is CCNC(=NCC(C)(C)c1ccc(F)cc1)NCCCOCC1CCOCC1. The van der Waals surface area contributed by atoms with Crippen molar-refractivity contribution < 1.29 is 13.9 Å². The molecule has 0 saturated carbocycles. The third kappa shape index (κ3) is 8.15. The van der Waals surface area contributed by atoms with Gasteiger partial charge in [-0.2, -0.15) is 0 Å². The Balaban J connectivity index is 1.71. The molecule has 0 radical (unpaired) electrons. The molecule has 0 spiro atoms. The molecule has 1 aliphatic heterocycles. The van der Waals surface area contributed by atoms with Crippen LogP contribution in [-0.4, -0.2) is 52.0 Å². The quantitative estimate of drug-likeness (QED) is 0.363. The zero-order chi connectivity index (χ0) is 20.2. The van der Waals surface area contributed by atoms with Crippen LogP contribution < -0.4 is 10.6 Å². The smallest absolute Gasteiger partial charge is 0.191 e. The number of guanidine groups is 1. The van der Waals surface area contributed by atoms with Crippen LogP contribution in [0.3, 0.4) is 0 Å². The van der Waals surface area contributed by atoms with Gasteiger partial charge in [0.15, 0.2) is 5.96 Å². The average molecular weight is 394 g/mol. The molecule has 0 amide bonds. The molecule has 1 fully saturated rings. The first-order valence-electron chi connectivity index (χ1n) is 10.4. The molecule has 0 atom stereocenters. The van der Waals surface area contributed by atoms with E-state index < -0.39 is 0 Å². The fourth-order valence-electron chi connectivity index (χ4n) is 3.15. The summed E-state index contributed by atoms with van der Waals surface area (Å²) in [6, 6.07) is 6.68. The molecule has 0 unspecified atom stereocenters. The van der Waals surface area contributed by atoms with E-state index in [1.165, 1.54) is 12.1 Å². The van der Waals surface area contributed by atoms with Gasteiger partial charge in [-0.25, -0.2) is 4.39 Å². The first kappa shape index (κ1) is 22.6. The summed E-state index contributed by atoms with van der Waals surface area (Å²) in [5.41, 5.74) is 0.915. The number of ether oxygens (including phenoxy) is 2. The van der Waals surface area contributed by atoms with Crippen LogP contribution in [0.4, 0.5) is 4.39 Å². The Morgan fingerprint density at radius 2 is 1.93 bits per heavy atom. The molecule has 1 aliphatic rings. The van der Waals surface area contributed by atoms with Crippen LogP contribution in [0.2, 0.25) is 0 Å².